The molecule has 0 N–H and O–H groups in total. The molecule has 0 spiro atoms. The molecule has 0 aliphatic heterocycles. The van der Waals surface area contributed by atoms with Gasteiger partial charge in [0, 0.05) is 5.92 Å². The average Bonchev–Trinajstić information content (AvgIpc) is 2.76. The minimum atomic E-state index is 0.581. The minimum absolute atomic E-state index is 0.581. The molecule has 1 aromatic heterocycles. The van der Waals surface area contributed by atoms with Crippen LogP contribution in [0.1, 0.15) is 6.92 Å². The van der Waals surface area contributed by atoms with Crippen molar-refractivity contribution in [2.24, 2.45) is 5.92 Å². The molecule has 0 atom stereocenters. The van der Waals surface area contributed by atoms with Crippen LogP contribution in [0.4, 0.5) is 0 Å². The van der Waals surface area contributed by atoms with E-state index in [9.17, 15) is 0 Å². The number of imidazole rings is 1. The van der Waals surface area contributed by atoms with Crippen LogP contribution in [0.2, 0.25) is 0 Å². The standard InChI is InChI=1S/C11H15N2/c1-2-12-7-8-13(10-12)9-11-5-3-4-6-11/h3-8,10-11H,2,9H2,1H3/q+1. The van der Waals surface area contributed by atoms with Crippen molar-refractivity contribution in [3.63, 3.8) is 0 Å². The molecule has 2 rings (SSSR count). The first-order valence-corrected chi connectivity index (χ1v) is 4.78. The van der Waals surface area contributed by atoms with Crippen molar-refractivity contribution in [1.29, 1.82) is 0 Å². The summed E-state index contributed by atoms with van der Waals surface area (Å²) in [5.74, 6) is 0.581. The lowest BCUT2D eigenvalue weighted by Gasteiger charge is -1.99. The van der Waals surface area contributed by atoms with Crippen LogP contribution >= 0.6 is 0 Å². The second-order valence-corrected chi connectivity index (χ2v) is 3.37. The van der Waals surface area contributed by atoms with E-state index in [0.29, 0.717) is 5.92 Å². The van der Waals surface area contributed by atoms with Crippen molar-refractivity contribution in [3.8, 4) is 0 Å². The van der Waals surface area contributed by atoms with E-state index in [1.807, 2.05) is 0 Å². The van der Waals surface area contributed by atoms with Gasteiger partial charge >= 0.3 is 0 Å². The smallest absolute Gasteiger partial charge is 0.237 e. The predicted molar refractivity (Wildman–Crippen MR) is 52.1 cm³/mol. The number of allylic oxidation sites excluding steroid dienone is 4. The van der Waals surface area contributed by atoms with Gasteiger partial charge in [-0.3, -0.25) is 0 Å². The molecule has 0 fully saturated rings. The first kappa shape index (κ1) is 8.30. The van der Waals surface area contributed by atoms with Gasteiger partial charge in [-0.1, -0.05) is 24.3 Å². The zero-order valence-electron chi connectivity index (χ0n) is 7.93. The molecular formula is C11H15N2+. The summed E-state index contributed by atoms with van der Waals surface area (Å²) >= 11 is 0. The number of aryl methyl sites for hydroxylation is 1. The molecule has 2 nitrogen and oxygen atoms in total. The second-order valence-electron chi connectivity index (χ2n) is 3.37. The summed E-state index contributed by atoms with van der Waals surface area (Å²) in [6.45, 7) is 4.25. The highest BCUT2D eigenvalue weighted by atomic mass is 15.1. The summed E-state index contributed by atoms with van der Waals surface area (Å²) in [6, 6.07) is 0. The topological polar surface area (TPSA) is 8.81 Å². The van der Waals surface area contributed by atoms with Crippen molar-refractivity contribution >= 4 is 0 Å². The van der Waals surface area contributed by atoms with Crippen LogP contribution in [0.25, 0.3) is 0 Å². The highest BCUT2D eigenvalue weighted by Gasteiger charge is 2.08. The van der Waals surface area contributed by atoms with Crippen molar-refractivity contribution in [3.05, 3.63) is 43.0 Å². The summed E-state index contributed by atoms with van der Waals surface area (Å²) in [5.41, 5.74) is 0. The van der Waals surface area contributed by atoms with Gasteiger partial charge in [-0.15, -0.1) is 0 Å². The van der Waals surface area contributed by atoms with Gasteiger partial charge in [-0.05, 0) is 6.92 Å². The van der Waals surface area contributed by atoms with Gasteiger partial charge in [0.2, 0.25) is 6.33 Å². The zero-order chi connectivity index (χ0) is 9.10. The Morgan fingerprint density at radius 3 is 2.69 bits per heavy atom. The number of hydrogen-bond acceptors (Lipinski definition) is 0. The summed E-state index contributed by atoms with van der Waals surface area (Å²) < 4.78 is 4.41. The largest absolute Gasteiger partial charge is 0.243 e. The van der Waals surface area contributed by atoms with E-state index in [-0.39, 0.29) is 0 Å². The monoisotopic (exact) mass is 175 g/mol. The zero-order valence-corrected chi connectivity index (χ0v) is 7.93. The molecule has 0 saturated heterocycles. The van der Waals surface area contributed by atoms with Crippen molar-refractivity contribution in [2.45, 2.75) is 20.0 Å². The van der Waals surface area contributed by atoms with Crippen molar-refractivity contribution < 1.29 is 4.57 Å². The maximum absolute atomic E-state index is 2.23. The summed E-state index contributed by atoms with van der Waals surface area (Å²) in [7, 11) is 0. The summed E-state index contributed by atoms with van der Waals surface area (Å²) in [4.78, 5) is 0. The molecule has 0 amide bonds. The molecule has 1 aromatic rings. The van der Waals surface area contributed by atoms with Gasteiger partial charge in [0.1, 0.15) is 12.4 Å². The fourth-order valence-corrected chi connectivity index (χ4v) is 1.58. The predicted octanol–water partition coefficient (Wildman–Crippen LogP) is 1.54. The third-order valence-corrected chi connectivity index (χ3v) is 2.36. The van der Waals surface area contributed by atoms with E-state index in [1.54, 1.807) is 0 Å². The molecule has 0 saturated carbocycles. The van der Waals surface area contributed by atoms with E-state index in [0.717, 1.165) is 13.1 Å². The molecule has 0 aromatic carbocycles. The van der Waals surface area contributed by atoms with Gasteiger partial charge < -0.3 is 0 Å². The minimum Gasteiger partial charge on any atom is -0.237 e. The maximum atomic E-state index is 2.23. The Kier molecular flexibility index (Phi) is 2.30. The number of rotatable bonds is 3. The van der Waals surface area contributed by atoms with Crippen LogP contribution in [0.3, 0.4) is 0 Å². The van der Waals surface area contributed by atoms with E-state index >= 15 is 0 Å². The van der Waals surface area contributed by atoms with Gasteiger partial charge in [0.25, 0.3) is 0 Å². The molecule has 1 aliphatic rings. The molecule has 13 heavy (non-hydrogen) atoms. The van der Waals surface area contributed by atoms with Gasteiger partial charge in [0.15, 0.2) is 0 Å². The van der Waals surface area contributed by atoms with Crippen LogP contribution in [0.5, 0.6) is 0 Å². The van der Waals surface area contributed by atoms with Crippen LogP contribution in [0, 0.1) is 5.92 Å². The summed E-state index contributed by atoms with van der Waals surface area (Å²) in [5, 5.41) is 0. The lowest BCUT2D eigenvalue weighted by molar-refractivity contribution is -0.699. The summed E-state index contributed by atoms with van der Waals surface area (Å²) in [6.07, 6.45) is 15.1. The van der Waals surface area contributed by atoms with Crippen LogP contribution in [-0.4, -0.2) is 4.57 Å². The molecule has 1 aliphatic carbocycles. The molecule has 0 bridgehead atoms. The van der Waals surface area contributed by atoms with Crippen molar-refractivity contribution in [2.75, 3.05) is 0 Å². The van der Waals surface area contributed by atoms with E-state index in [2.05, 4.69) is 59.1 Å². The first-order chi connectivity index (χ1) is 6.38. The number of nitrogens with zero attached hydrogens (tertiary/aromatic N) is 2. The van der Waals surface area contributed by atoms with Crippen LogP contribution < -0.4 is 4.57 Å². The Labute approximate surface area is 78.8 Å². The molecular weight excluding hydrogens is 160 g/mol. The van der Waals surface area contributed by atoms with E-state index in [1.165, 1.54) is 0 Å². The molecule has 1 heterocycles. The average molecular weight is 175 g/mol. The number of aromatic nitrogens is 2. The number of hydrogen-bond donors (Lipinski definition) is 0. The third-order valence-electron chi connectivity index (χ3n) is 2.36. The fourth-order valence-electron chi connectivity index (χ4n) is 1.58. The molecule has 68 valence electrons. The maximum Gasteiger partial charge on any atom is 0.243 e. The Balaban J connectivity index is 2.01. The Bertz CT molecular complexity index is 322. The quantitative estimate of drug-likeness (QED) is 0.616. The normalized spacial score (nSPS) is 15.8. The van der Waals surface area contributed by atoms with E-state index < -0.39 is 0 Å². The van der Waals surface area contributed by atoms with Crippen molar-refractivity contribution in [1.82, 2.24) is 4.57 Å². The van der Waals surface area contributed by atoms with Gasteiger partial charge in [-0.25, -0.2) is 9.13 Å². The molecule has 2 heteroatoms. The highest BCUT2D eigenvalue weighted by Crippen LogP contribution is 2.07. The lowest BCUT2D eigenvalue weighted by Crippen LogP contribution is -2.34. The third kappa shape index (κ3) is 1.89. The Morgan fingerprint density at radius 1 is 1.31 bits per heavy atom. The lowest BCUT2D eigenvalue weighted by atomic mass is 10.2. The fraction of sp³-hybridized carbons (Fsp3) is 0.364. The van der Waals surface area contributed by atoms with Crippen LogP contribution in [-0.2, 0) is 13.1 Å². The second kappa shape index (κ2) is 3.60. The SMILES string of the molecule is CCn1cc[n+](CC2C=CC=C2)c1. The van der Waals surface area contributed by atoms with E-state index in [4.69, 9.17) is 0 Å². The van der Waals surface area contributed by atoms with Crippen LogP contribution in [0.15, 0.2) is 43.0 Å². The molecule has 0 unspecified atom stereocenters. The highest BCUT2D eigenvalue weighted by molar-refractivity contribution is 5.16. The van der Waals surface area contributed by atoms with Gasteiger partial charge in [-0.2, -0.15) is 0 Å². The van der Waals surface area contributed by atoms with Gasteiger partial charge in [0.05, 0.1) is 13.1 Å². The Morgan fingerprint density at radius 2 is 2.08 bits per heavy atom. The first-order valence-electron chi connectivity index (χ1n) is 4.78. The molecule has 0 radical (unpaired) electrons. The Hall–Kier alpha value is -1.31.